The molecule has 0 bridgehead atoms. The van der Waals surface area contributed by atoms with Crippen LogP contribution in [0.4, 0.5) is 0 Å². The Morgan fingerprint density at radius 2 is 1.68 bits per heavy atom. The normalized spacial score (nSPS) is 19.3. The summed E-state index contributed by atoms with van der Waals surface area (Å²) in [7, 11) is 0. The minimum absolute atomic E-state index is 0.759. The number of hydrogen-bond donors (Lipinski definition) is 1. The molecule has 128 valence electrons. The van der Waals surface area contributed by atoms with Gasteiger partial charge in [0.05, 0.1) is 5.60 Å². The second kappa shape index (κ2) is 6.62. The maximum absolute atomic E-state index is 11.6. The van der Waals surface area contributed by atoms with E-state index in [1.165, 1.54) is 22.3 Å². The van der Waals surface area contributed by atoms with Crippen molar-refractivity contribution < 1.29 is 5.11 Å². The maximum Gasteiger partial charge on any atom is 0.0927 e. The van der Waals surface area contributed by atoms with Crippen LogP contribution in [0.3, 0.4) is 0 Å². The van der Waals surface area contributed by atoms with Crippen LogP contribution in [0.25, 0.3) is 11.6 Å². The zero-order chi connectivity index (χ0) is 17.3. The van der Waals surface area contributed by atoms with Gasteiger partial charge in [0, 0.05) is 19.6 Å². The molecule has 2 nitrogen and oxygen atoms in total. The highest BCUT2D eigenvalue weighted by molar-refractivity contribution is 5.89. The van der Waals surface area contributed by atoms with Gasteiger partial charge in [-0.05, 0) is 53.2 Å². The van der Waals surface area contributed by atoms with E-state index in [2.05, 4.69) is 66.1 Å². The number of hydrogen-bond acceptors (Lipinski definition) is 2. The molecule has 0 amide bonds. The molecule has 1 fully saturated rings. The number of fused-ring (bicyclic) bond motifs is 2. The monoisotopic (exact) mass is 331 g/mol. The Labute approximate surface area is 150 Å². The van der Waals surface area contributed by atoms with Crippen molar-refractivity contribution in [1.82, 2.24) is 4.90 Å². The quantitative estimate of drug-likeness (QED) is 0.854. The van der Waals surface area contributed by atoms with E-state index in [9.17, 15) is 5.11 Å². The number of benzene rings is 2. The van der Waals surface area contributed by atoms with Crippen molar-refractivity contribution in [1.29, 1.82) is 0 Å². The predicted molar refractivity (Wildman–Crippen MR) is 104 cm³/mol. The minimum atomic E-state index is -0.759. The zero-order valence-corrected chi connectivity index (χ0v) is 14.6. The van der Waals surface area contributed by atoms with Crippen molar-refractivity contribution >= 4 is 11.6 Å². The molecule has 0 spiro atoms. The molecule has 2 heteroatoms. The van der Waals surface area contributed by atoms with Crippen LogP contribution in [-0.4, -0.2) is 35.2 Å². The summed E-state index contributed by atoms with van der Waals surface area (Å²) in [4.78, 5) is 2.36. The van der Waals surface area contributed by atoms with Crippen molar-refractivity contribution in [2.75, 3.05) is 19.6 Å². The predicted octanol–water partition coefficient (Wildman–Crippen LogP) is 4.14. The van der Waals surface area contributed by atoms with E-state index in [-0.39, 0.29) is 0 Å². The molecule has 2 aliphatic rings. The molecule has 0 saturated carbocycles. The fraction of sp³-hybridized carbons (Fsp3) is 0.304. The van der Waals surface area contributed by atoms with Gasteiger partial charge < -0.3 is 5.11 Å². The first-order valence-electron chi connectivity index (χ1n) is 9.14. The smallest absolute Gasteiger partial charge is 0.0927 e. The summed E-state index contributed by atoms with van der Waals surface area (Å²) in [6, 6.07) is 17.1. The molecule has 1 heterocycles. The number of aliphatic hydroxyl groups is 1. The van der Waals surface area contributed by atoms with E-state index >= 15 is 0 Å². The first-order chi connectivity index (χ1) is 12.2. The molecule has 2 aromatic carbocycles. The van der Waals surface area contributed by atoms with Gasteiger partial charge in [0.1, 0.15) is 0 Å². The summed E-state index contributed by atoms with van der Waals surface area (Å²) in [5.41, 5.74) is 5.41. The average molecular weight is 331 g/mol. The first kappa shape index (κ1) is 16.3. The van der Waals surface area contributed by atoms with Gasteiger partial charge in [-0.1, -0.05) is 54.6 Å². The summed E-state index contributed by atoms with van der Waals surface area (Å²) < 4.78 is 0. The fourth-order valence-corrected chi connectivity index (χ4v) is 4.15. The third-order valence-electron chi connectivity index (χ3n) is 5.62. The van der Waals surface area contributed by atoms with E-state index in [1.807, 2.05) is 6.08 Å². The summed E-state index contributed by atoms with van der Waals surface area (Å²) in [5.74, 6) is 0. The molecule has 2 aromatic rings. The number of likely N-dealkylation sites (tertiary alicyclic amines) is 1. The van der Waals surface area contributed by atoms with E-state index < -0.39 is 5.60 Å². The van der Waals surface area contributed by atoms with Crippen LogP contribution in [0.5, 0.6) is 0 Å². The van der Waals surface area contributed by atoms with Gasteiger partial charge in [-0.15, -0.1) is 6.58 Å². The lowest BCUT2D eigenvalue weighted by Gasteiger charge is -2.40. The van der Waals surface area contributed by atoms with Gasteiger partial charge in [-0.3, -0.25) is 4.90 Å². The summed E-state index contributed by atoms with van der Waals surface area (Å²) in [5, 5.41) is 11.6. The van der Waals surface area contributed by atoms with Crippen LogP contribution in [-0.2, 0) is 6.42 Å². The van der Waals surface area contributed by atoms with Gasteiger partial charge in [-0.25, -0.2) is 0 Å². The van der Waals surface area contributed by atoms with Crippen molar-refractivity contribution in [3.63, 3.8) is 0 Å². The molecule has 0 aromatic heterocycles. The molecular formula is C23H25NO. The lowest BCUT2D eigenvalue weighted by atomic mass is 9.79. The van der Waals surface area contributed by atoms with E-state index in [1.54, 1.807) is 0 Å². The van der Waals surface area contributed by atoms with Crippen LogP contribution in [0.1, 0.15) is 35.1 Å². The number of nitrogens with zero attached hydrogens (tertiary/aromatic N) is 1. The lowest BCUT2D eigenvalue weighted by Crippen LogP contribution is -2.45. The third kappa shape index (κ3) is 3.08. The average Bonchev–Trinajstić information content (AvgIpc) is 2.81. The van der Waals surface area contributed by atoms with Crippen LogP contribution in [0, 0.1) is 0 Å². The molecule has 25 heavy (non-hydrogen) atoms. The van der Waals surface area contributed by atoms with Crippen molar-refractivity contribution in [2.45, 2.75) is 24.9 Å². The lowest BCUT2D eigenvalue weighted by molar-refractivity contribution is 0.0316. The van der Waals surface area contributed by atoms with Gasteiger partial charge in [0.25, 0.3) is 0 Å². The van der Waals surface area contributed by atoms with Crippen LogP contribution >= 0.6 is 0 Å². The standard InChI is InChI=1S/C23H25NO/c1-2-13-24-14-11-23(25,12-15-24)22-17-19-8-4-3-7-18(19)16-20-9-5-6-10-21(20)22/h2-10,17,25H,1,11-16H2. The Morgan fingerprint density at radius 3 is 2.44 bits per heavy atom. The Morgan fingerprint density at radius 1 is 1.00 bits per heavy atom. The molecule has 0 atom stereocenters. The van der Waals surface area contributed by atoms with Gasteiger partial charge >= 0.3 is 0 Å². The molecular weight excluding hydrogens is 306 g/mol. The zero-order valence-electron chi connectivity index (χ0n) is 14.6. The van der Waals surface area contributed by atoms with Crippen molar-refractivity contribution in [3.8, 4) is 0 Å². The SMILES string of the molecule is C=CCN1CCC(O)(C2=Cc3ccccc3Cc3ccccc32)CC1. The topological polar surface area (TPSA) is 23.5 Å². The van der Waals surface area contributed by atoms with Crippen molar-refractivity contribution in [2.24, 2.45) is 0 Å². The molecule has 1 saturated heterocycles. The van der Waals surface area contributed by atoms with E-state index in [4.69, 9.17) is 0 Å². The highest BCUT2D eigenvalue weighted by Crippen LogP contribution is 2.41. The summed E-state index contributed by atoms with van der Waals surface area (Å²) in [6.07, 6.45) is 6.63. The third-order valence-corrected chi connectivity index (χ3v) is 5.62. The molecule has 1 aliphatic carbocycles. The van der Waals surface area contributed by atoms with Gasteiger partial charge in [0.2, 0.25) is 0 Å². The molecule has 1 N–H and O–H groups in total. The van der Waals surface area contributed by atoms with Gasteiger partial charge in [-0.2, -0.15) is 0 Å². The van der Waals surface area contributed by atoms with Crippen LogP contribution in [0.15, 0.2) is 61.2 Å². The molecule has 1 aliphatic heterocycles. The van der Waals surface area contributed by atoms with E-state index in [0.29, 0.717) is 0 Å². The Hall–Kier alpha value is -2.16. The van der Waals surface area contributed by atoms with Crippen LogP contribution in [0.2, 0.25) is 0 Å². The Balaban J connectivity index is 1.77. The summed E-state index contributed by atoms with van der Waals surface area (Å²) in [6.45, 7) is 6.54. The molecule has 4 rings (SSSR count). The number of piperidine rings is 1. The second-order valence-corrected chi connectivity index (χ2v) is 7.21. The molecule has 0 unspecified atom stereocenters. The first-order valence-corrected chi connectivity index (χ1v) is 9.14. The molecule has 0 radical (unpaired) electrons. The van der Waals surface area contributed by atoms with E-state index in [0.717, 1.165) is 44.5 Å². The summed E-state index contributed by atoms with van der Waals surface area (Å²) >= 11 is 0. The fourth-order valence-electron chi connectivity index (χ4n) is 4.15. The number of rotatable bonds is 3. The second-order valence-electron chi connectivity index (χ2n) is 7.21. The van der Waals surface area contributed by atoms with Crippen molar-refractivity contribution in [3.05, 3.63) is 83.4 Å². The Kier molecular flexibility index (Phi) is 4.32. The van der Waals surface area contributed by atoms with Gasteiger partial charge in [0.15, 0.2) is 0 Å². The van der Waals surface area contributed by atoms with Crippen LogP contribution < -0.4 is 0 Å². The minimum Gasteiger partial charge on any atom is -0.385 e. The highest BCUT2D eigenvalue weighted by atomic mass is 16.3. The largest absolute Gasteiger partial charge is 0.385 e. The maximum atomic E-state index is 11.6. The highest BCUT2D eigenvalue weighted by Gasteiger charge is 2.37. The Bertz CT molecular complexity index is 812.